The lowest BCUT2D eigenvalue weighted by Crippen LogP contribution is -2.10. The molecule has 0 bridgehead atoms. The zero-order chi connectivity index (χ0) is 8.53. The second-order valence-electron chi connectivity index (χ2n) is 2.28. The number of amidine groups is 1. The molecule has 0 unspecified atom stereocenters. The van der Waals surface area contributed by atoms with Gasteiger partial charge in [0, 0.05) is 26.2 Å². The van der Waals surface area contributed by atoms with Gasteiger partial charge in [-0.15, -0.1) is 0 Å². The van der Waals surface area contributed by atoms with E-state index in [-0.39, 0.29) is 0 Å². The van der Waals surface area contributed by atoms with Gasteiger partial charge in [0.25, 0.3) is 0 Å². The van der Waals surface area contributed by atoms with Crippen LogP contribution in [-0.2, 0) is 4.74 Å². The predicted octanol–water partition coefficient (Wildman–Crippen LogP) is 1.18. The summed E-state index contributed by atoms with van der Waals surface area (Å²) in [6.45, 7) is 6.36. The van der Waals surface area contributed by atoms with E-state index >= 15 is 0 Å². The number of nitrogens with zero attached hydrogens (tertiary/aromatic N) is 1. The van der Waals surface area contributed by atoms with E-state index < -0.39 is 0 Å². The lowest BCUT2D eigenvalue weighted by molar-refractivity contribution is 0.146. The zero-order valence-electron chi connectivity index (χ0n) is 7.47. The van der Waals surface area contributed by atoms with Crippen molar-refractivity contribution in [1.29, 1.82) is 0 Å². The van der Waals surface area contributed by atoms with Crippen LogP contribution in [0.2, 0.25) is 0 Å². The van der Waals surface area contributed by atoms with Gasteiger partial charge in [-0.1, -0.05) is 6.92 Å². The maximum atomic E-state index is 5.50. The van der Waals surface area contributed by atoms with E-state index in [1.54, 1.807) is 0 Å². The summed E-state index contributed by atoms with van der Waals surface area (Å²) in [6.07, 6.45) is 1.81. The van der Waals surface area contributed by atoms with Crippen molar-refractivity contribution in [3.8, 4) is 0 Å². The summed E-state index contributed by atoms with van der Waals surface area (Å²) < 4.78 is 5.14. The third kappa shape index (κ3) is 7.33. The van der Waals surface area contributed by atoms with E-state index in [1.165, 1.54) is 0 Å². The molecular weight excluding hydrogens is 140 g/mol. The number of ether oxygens (including phenoxy) is 1. The van der Waals surface area contributed by atoms with Crippen molar-refractivity contribution in [2.45, 2.75) is 26.7 Å². The molecule has 0 heterocycles. The highest BCUT2D eigenvalue weighted by atomic mass is 16.5. The monoisotopic (exact) mass is 158 g/mol. The summed E-state index contributed by atoms with van der Waals surface area (Å²) in [5.41, 5.74) is 5.50. The first-order valence-electron chi connectivity index (χ1n) is 4.17. The summed E-state index contributed by atoms with van der Waals surface area (Å²) in [7, 11) is 0. The average molecular weight is 158 g/mol. The molecule has 0 aliphatic carbocycles. The lowest BCUT2D eigenvalue weighted by Gasteiger charge is -1.98. The first-order valence-corrected chi connectivity index (χ1v) is 4.17. The first kappa shape index (κ1) is 10.4. The first-order chi connectivity index (χ1) is 5.31. The third-order valence-corrected chi connectivity index (χ3v) is 1.33. The highest BCUT2D eigenvalue weighted by molar-refractivity contribution is 5.79. The Balaban J connectivity index is 3.12. The summed E-state index contributed by atoms with van der Waals surface area (Å²) in [4.78, 5) is 4.13. The molecule has 0 rings (SSSR count). The van der Waals surface area contributed by atoms with Gasteiger partial charge in [-0.25, -0.2) is 0 Å². The van der Waals surface area contributed by atoms with Crippen molar-refractivity contribution in [3.05, 3.63) is 0 Å². The van der Waals surface area contributed by atoms with E-state index in [0.29, 0.717) is 0 Å². The number of nitrogens with two attached hydrogens (primary N) is 1. The van der Waals surface area contributed by atoms with E-state index in [4.69, 9.17) is 10.5 Å². The van der Waals surface area contributed by atoms with E-state index in [1.807, 2.05) is 13.8 Å². The van der Waals surface area contributed by atoms with Gasteiger partial charge in [0.05, 0.1) is 5.84 Å². The van der Waals surface area contributed by atoms with Crippen molar-refractivity contribution in [2.24, 2.45) is 10.7 Å². The Bertz CT molecular complexity index is 113. The van der Waals surface area contributed by atoms with Crippen LogP contribution in [0.3, 0.4) is 0 Å². The van der Waals surface area contributed by atoms with E-state index in [2.05, 4.69) is 4.99 Å². The molecule has 0 saturated carbocycles. The van der Waals surface area contributed by atoms with Gasteiger partial charge in [0.15, 0.2) is 0 Å². The van der Waals surface area contributed by atoms with Crippen molar-refractivity contribution in [1.82, 2.24) is 0 Å². The Morgan fingerprint density at radius 3 is 2.73 bits per heavy atom. The normalized spacial score (nSPS) is 12.0. The van der Waals surface area contributed by atoms with Crippen LogP contribution in [0.5, 0.6) is 0 Å². The second kappa shape index (κ2) is 7.54. The summed E-state index contributed by atoms with van der Waals surface area (Å²) >= 11 is 0. The molecule has 0 amide bonds. The molecule has 2 N–H and O–H groups in total. The lowest BCUT2D eigenvalue weighted by atomic mass is 10.4. The molecule has 3 nitrogen and oxygen atoms in total. The fourth-order valence-electron chi connectivity index (χ4n) is 0.645. The van der Waals surface area contributed by atoms with E-state index in [9.17, 15) is 0 Å². The maximum absolute atomic E-state index is 5.50. The van der Waals surface area contributed by atoms with Crippen LogP contribution in [0, 0.1) is 0 Å². The minimum Gasteiger partial charge on any atom is -0.387 e. The Kier molecular flexibility index (Phi) is 7.15. The molecule has 0 atom stereocenters. The van der Waals surface area contributed by atoms with Gasteiger partial charge >= 0.3 is 0 Å². The summed E-state index contributed by atoms with van der Waals surface area (Å²) in [6, 6.07) is 0. The van der Waals surface area contributed by atoms with Crippen LogP contribution >= 0.6 is 0 Å². The van der Waals surface area contributed by atoms with Crippen molar-refractivity contribution in [3.63, 3.8) is 0 Å². The van der Waals surface area contributed by atoms with Gasteiger partial charge < -0.3 is 10.5 Å². The van der Waals surface area contributed by atoms with Gasteiger partial charge in [-0.05, 0) is 13.3 Å². The quantitative estimate of drug-likeness (QED) is 0.358. The average Bonchev–Trinajstić information content (AvgIpc) is 2.04. The molecule has 3 heteroatoms. The SMILES string of the molecule is CCOCCCN=C(N)CC. The number of rotatable bonds is 6. The summed E-state index contributed by atoms with van der Waals surface area (Å²) in [5.74, 6) is 0.737. The maximum Gasteiger partial charge on any atom is 0.0934 e. The van der Waals surface area contributed by atoms with Crippen LogP contribution in [-0.4, -0.2) is 25.6 Å². The van der Waals surface area contributed by atoms with Crippen LogP contribution < -0.4 is 5.73 Å². The molecule has 0 aliphatic heterocycles. The van der Waals surface area contributed by atoms with Gasteiger partial charge in [0.1, 0.15) is 0 Å². The van der Waals surface area contributed by atoms with Crippen molar-refractivity contribution in [2.75, 3.05) is 19.8 Å². The summed E-state index contributed by atoms with van der Waals surface area (Å²) in [5, 5.41) is 0. The number of hydrogen-bond donors (Lipinski definition) is 1. The number of hydrogen-bond acceptors (Lipinski definition) is 2. The third-order valence-electron chi connectivity index (χ3n) is 1.33. The molecule has 0 aromatic rings. The highest BCUT2D eigenvalue weighted by Gasteiger charge is 1.87. The Morgan fingerprint density at radius 1 is 1.45 bits per heavy atom. The van der Waals surface area contributed by atoms with Crippen LogP contribution in [0.25, 0.3) is 0 Å². The smallest absolute Gasteiger partial charge is 0.0934 e. The molecule has 0 saturated heterocycles. The highest BCUT2D eigenvalue weighted by Crippen LogP contribution is 1.85. The van der Waals surface area contributed by atoms with Gasteiger partial charge in [0.2, 0.25) is 0 Å². The molecule has 0 aliphatic rings. The largest absolute Gasteiger partial charge is 0.387 e. The minimum atomic E-state index is 0.737. The van der Waals surface area contributed by atoms with Crippen molar-refractivity contribution >= 4 is 5.84 Å². The van der Waals surface area contributed by atoms with Gasteiger partial charge in [-0.3, -0.25) is 4.99 Å². The van der Waals surface area contributed by atoms with Crippen molar-refractivity contribution < 1.29 is 4.74 Å². The molecule has 0 radical (unpaired) electrons. The molecule has 11 heavy (non-hydrogen) atoms. The Hall–Kier alpha value is -0.570. The fraction of sp³-hybridized carbons (Fsp3) is 0.875. The molecular formula is C8H18N2O. The molecule has 0 aromatic heterocycles. The molecule has 0 spiro atoms. The Morgan fingerprint density at radius 2 is 2.18 bits per heavy atom. The predicted molar refractivity (Wildman–Crippen MR) is 47.9 cm³/mol. The zero-order valence-corrected chi connectivity index (χ0v) is 7.47. The standard InChI is InChI=1S/C8H18N2O/c1-3-8(9)10-6-5-7-11-4-2/h3-7H2,1-2H3,(H2,9,10). The fourth-order valence-corrected chi connectivity index (χ4v) is 0.645. The van der Waals surface area contributed by atoms with Gasteiger partial charge in [-0.2, -0.15) is 0 Å². The van der Waals surface area contributed by atoms with Crippen LogP contribution in [0.4, 0.5) is 0 Å². The molecule has 0 aromatic carbocycles. The number of aliphatic imine (C=N–C) groups is 1. The van der Waals surface area contributed by atoms with E-state index in [0.717, 1.165) is 38.4 Å². The molecule has 66 valence electrons. The van der Waals surface area contributed by atoms with Crippen LogP contribution in [0.15, 0.2) is 4.99 Å². The second-order valence-corrected chi connectivity index (χ2v) is 2.28. The topological polar surface area (TPSA) is 47.6 Å². The molecule has 0 fully saturated rings. The minimum absolute atomic E-state index is 0.737. The van der Waals surface area contributed by atoms with Crippen LogP contribution in [0.1, 0.15) is 26.7 Å². The Labute approximate surface area is 68.6 Å².